The van der Waals surface area contributed by atoms with Crippen LogP contribution < -0.4 is 0 Å². The summed E-state index contributed by atoms with van der Waals surface area (Å²) in [6.45, 7) is 22.2. The zero-order valence-corrected chi connectivity index (χ0v) is 50.9. The van der Waals surface area contributed by atoms with Gasteiger partial charge in [0.1, 0.15) is 0 Å². The van der Waals surface area contributed by atoms with Gasteiger partial charge in [-0.15, -0.1) is 0 Å². The first kappa shape index (κ1) is 91.8. The van der Waals surface area contributed by atoms with E-state index < -0.39 is 0 Å². The van der Waals surface area contributed by atoms with Crippen molar-refractivity contribution in [1.29, 1.82) is 0 Å². The van der Waals surface area contributed by atoms with E-state index in [2.05, 4.69) is 73.7 Å². The highest BCUT2D eigenvalue weighted by Crippen LogP contribution is 1.99. The van der Waals surface area contributed by atoms with Gasteiger partial charge in [0.2, 0.25) is 19.2 Å². The van der Waals surface area contributed by atoms with Crippen molar-refractivity contribution in [2.24, 2.45) is 0 Å². The largest absolute Gasteiger partial charge is 0.483 e. The van der Waals surface area contributed by atoms with Crippen LogP contribution in [0.2, 0.25) is 0 Å². The summed E-state index contributed by atoms with van der Waals surface area (Å²) < 4.78 is 43.7. The molecular formula is C55H127N9O14. The Morgan fingerprint density at radius 1 is 0.295 bits per heavy atom. The van der Waals surface area contributed by atoms with Gasteiger partial charge in [0.25, 0.3) is 6.47 Å². The van der Waals surface area contributed by atoms with E-state index >= 15 is 0 Å². The summed E-state index contributed by atoms with van der Waals surface area (Å²) in [5.74, 6) is 0. The van der Waals surface area contributed by atoms with Gasteiger partial charge in [-0.25, -0.2) is 0 Å². The second-order valence-corrected chi connectivity index (χ2v) is 19.2. The molecule has 23 heteroatoms. The first-order valence-corrected chi connectivity index (χ1v) is 27.1. The lowest BCUT2D eigenvalue weighted by molar-refractivity contribution is -0.123. The van der Waals surface area contributed by atoms with Crippen molar-refractivity contribution in [3.05, 3.63) is 0 Å². The van der Waals surface area contributed by atoms with Gasteiger partial charge in [-0.1, -0.05) is 28.2 Å². The summed E-state index contributed by atoms with van der Waals surface area (Å²) in [5, 5.41) is 6.89. The first-order chi connectivity index (χ1) is 36.0. The predicted molar refractivity (Wildman–Crippen MR) is 320 cm³/mol. The monoisotopic (exact) mass is 1140 g/mol. The van der Waals surface area contributed by atoms with E-state index in [1.807, 2.05) is 47.2 Å². The Bertz CT molecular complexity index is 1080. The van der Waals surface area contributed by atoms with E-state index in [9.17, 15) is 14.4 Å². The number of nitrogens with zero attached hydrogens (tertiary/aromatic N) is 9. The zero-order chi connectivity index (χ0) is 57.4. The molecule has 0 unspecified atom stereocenters. The molecule has 0 saturated heterocycles. The molecule has 3 amide bonds. The van der Waals surface area contributed by atoms with Crippen molar-refractivity contribution in [1.82, 2.24) is 44.1 Å². The standard InChI is InChI=1S/C13H27N3O4.C13H29N3O3.C13H30N2O2.C13H29NO2.CH2O2.2CH4.H2O/c1-14(2)4-8-19-10-6-16(13-18)7-11-20-9-5-15(3)12-17;1-14(2)5-9-18-11-7-16(13-17)8-12-19-10-6-15(3)4;1-14(2)8-12-16-10-6-5-7-11-17-13-9-15(3)4;1-4-5-10-15-11-7-6-8-12-16-13-9-14(2)3;2-1-3;;;/h12-13H,4-11H2,1-3H3;13H,5-12H2,1-4H3;5-13H2,1-4H3;4-13H2,1-3H3;1H,(H,2,3);2*1H4;1H2. The third-order valence-corrected chi connectivity index (χ3v) is 10.1. The molecular weight excluding hydrogens is 1010 g/mol. The zero-order valence-electron chi connectivity index (χ0n) is 50.9. The van der Waals surface area contributed by atoms with E-state index in [1.165, 1.54) is 37.0 Å². The molecule has 0 saturated carbocycles. The fraction of sp³-hybridized carbons (Fsp3) is 0.927. The maximum atomic E-state index is 10.8. The second-order valence-electron chi connectivity index (χ2n) is 19.2. The van der Waals surface area contributed by atoms with Gasteiger partial charge in [0.05, 0.1) is 72.7 Å². The molecule has 0 radical (unpaired) electrons. The lowest BCUT2D eigenvalue weighted by atomic mass is 10.2. The molecule has 0 spiro atoms. The Morgan fingerprint density at radius 3 is 0.692 bits per heavy atom. The van der Waals surface area contributed by atoms with E-state index in [-0.39, 0.29) is 26.8 Å². The van der Waals surface area contributed by atoms with Gasteiger partial charge in [0.15, 0.2) is 0 Å². The molecule has 0 fully saturated rings. The third kappa shape index (κ3) is 98.7. The van der Waals surface area contributed by atoms with E-state index in [1.54, 1.807) is 16.8 Å². The Hall–Kier alpha value is -2.72. The van der Waals surface area contributed by atoms with Crippen molar-refractivity contribution < 1.29 is 67.7 Å². The van der Waals surface area contributed by atoms with Crippen LogP contribution in [-0.4, -0.2) is 350 Å². The van der Waals surface area contributed by atoms with Crippen LogP contribution in [0.1, 0.15) is 73.1 Å². The molecule has 0 aromatic carbocycles. The fourth-order valence-electron chi connectivity index (χ4n) is 5.14. The summed E-state index contributed by atoms with van der Waals surface area (Å²) in [4.78, 5) is 57.8. The topological polar surface area (TPSA) is 223 Å². The molecule has 0 aromatic rings. The van der Waals surface area contributed by atoms with Gasteiger partial charge in [-0.05, 0) is 130 Å². The van der Waals surface area contributed by atoms with Gasteiger partial charge < -0.3 is 92.6 Å². The Morgan fingerprint density at radius 2 is 0.487 bits per heavy atom. The summed E-state index contributed by atoms with van der Waals surface area (Å²) in [7, 11) is 26.1. The SMILES string of the molecule is C.C.CCCCOCCCCCOCCN(C)C.CN(C)CCOCCCCCOCCN(C)C.CN(C)CCOCCN(C=O)CCOCCN(C)C.CN(C)CCOCCN(C=O)CCOCCN(C)C=O.O.O=CO. The molecule has 0 aliphatic carbocycles. The van der Waals surface area contributed by atoms with Crippen LogP contribution >= 0.6 is 0 Å². The lowest BCUT2D eigenvalue weighted by Gasteiger charge is -2.18. The molecule has 0 aliphatic heterocycles. The van der Waals surface area contributed by atoms with Gasteiger partial charge in [-0.2, -0.15) is 0 Å². The number of carbonyl (C=O) groups excluding carboxylic acids is 3. The molecule has 0 heterocycles. The summed E-state index contributed by atoms with van der Waals surface area (Å²) in [6, 6.07) is 0. The molecule has 0 rings (SSSR count). The maximum absolute atomic E-state index is 10.8. The van der Waals surface area contributed by atoms with E-state index in [0.717, 1.165) is 131 Å². The minimum atomic E-state index is -0.250. The van der Waals surface area contributed by atoms with Crippen molar-refractivity contribution in [3.8, 4) is 0 Å². The van der Waals surface area contributed by atoms with Crippen LogP contribution in [0.15, 0.2) is 0 Å². The summed E-state index contributed by atoms with van der Waals surface area (Å²) in [6.07, 6.45) is 11.8. The fourth-order valence-corrected chi connectivity index (χ4v) is 5.14. The van der Waals surface area contributed by atoms with Crippen molar-refractivity contribution >= 4 is 25.7 Å². The number of carboxylic acid groups (broad SMARTS) is 1. The number of ether oxygens (including phenoxy) is 8. The molecule has 0 aromatic heterocycles. The minimum absolute atomic E-state index is 0. The van der Waals surface area contributed by atoms with Gasteiger partial charge in [0, 0.05) is 112 Å². The molecule has 0 aliphatic rings. The highest BCUT2D eigenvalue weighted by Gasteiger charge is 2.04. The van der Waals surface area contributed by atoms with Crippen LogP contribution in [0.5, 0.6) is 0 Å². The lowest BCUT2D eigenvalue weighted by Crippen LogP contribution is -2.31. The van der Waals surface area contributed by atoms with Crippen LogP contribution in [0.3, 0.4) is 0 Å². The Kier molecular flexibility index (Phi) is 92.4. The van der Waals surface area contributed by atoms with E-state index in [0.29, 0.717) is 85.6 Å². The van der Waals surface area contributed by atoms with Crippen LogP contribution in [0.25, 0.3) is 0 Å². The molecule has 78 heavy (non-hydrogen) atoms. The first-order valence-electron chi connectivity index (χ1n) is 27.1. The number of rotatable bonds is 51. The maximum Gasteiger partial charge on any atom is 0.290 e. The third-order valence-electron chi connectivity index (χ3n) is 10.1. The van der Waals surface area contributed by atoms with Crippen molar-refractivity contribution in [2.75, 3.05) is 269 Å². The highest BCUT2D eigenvalue weighted by molar-refractivity contribution is 5.47. The highest BCUT2D eigenvalue weighted by atomic mass is 16.5. The normalized spacial score (nSPS) is 10.5. The summed E-state index contributed by atoms with van der Waals surface area (Å²) >= 11 is 0. The van der Waals surface area contributed by atoms with Crippen LogP contribution in [0, 0.1) is 0 Å². The summed E-state index contributed by atoms with van der Waals surface area (Å²) in [5.41, 5.74) is 0. The molecule has 0 bridgehead atoms. The molecule has 0 atom stereocenters. The van der Waals surface area contributed by atoms with Crippen molar-refractivity contribution in [3.63, 3.8) is 0 Å². The average molecular weight is 1140 g/mol. The van der Waals surface area contributed by atoms with Gasteiger partial charge in [-0.3, -0.25) is 19.2 Å². The average Bonchev–Trinajstić information content (AvgIpc) is 3.35. The molecule has 3 N–H and O–H groups in total. The van der Waals surface area contributed by atoms with Crippen LogP contribution in [0.4, 0.5) is 0 Å². The number of likely N-dealkylation sites (N-methyl/N-ethyl adjacent to an activating group) is 7. The smallest absolute Gasteiger partial charge is 0.290 e. The molecule has 23 nitrogen and oxygen atoms in total. The van der Waals surface area contributed by atoms with Crippen LogP contribution in [-0.2, 0) is 57.1 Å². The number of hydrogen-bond donors (Lipinski definition) is 1. The Labute approximate surface area is 478 Å². The molecule has 476 valence electrons. The number of hydrogen-bond acceptors (Lipinski definition) is 18. The number of carbonyl (C=O) groups is 4. The predicted octanol–water partition coefficient (Wildman–Crippen LogP) is 2.74. The quantitative estimate of drug-likeness (QED) is 0.0683. The second kappa shape index (κ2) is 78.5. The number of amides is 3. The Balaban J connectivity index is -0.000000136. The van der Waals surface area contributed by atoms with Crippen molar-refractivity contribution in [2.45, 2.75) is 73.1 Å². The minimum Gasteiger partial charge on any atom is -0.483 e. The van der Waals surface area contributed by atoms with Gasteiger partial charge >= 0.3 is 0 Å². The number of unbranched alkanes of at least 4 members (excludes halogenated alkanes) is 5. The van der Waals surface area contributed by atoms with E-state index in [4.69, 9.17) is 47.8 Å².